The van der Waals surface area contributed by atoms with E-state index in [1.165, 1.54) is 48.9 Å². The maximum atomic E-state index is 5.50. The molecule has 2 N–H and O–H groups in total. The van der Waals surface area contributed by atoms with Gasteiger partial charge in [-0.25, -0.2) is 0 Å². The Hall–Kier alpha value is -1.09. The van der Waals surface area contributed by atoms with Crippen LogP contribution in [0.5, 0.6) is 0 Å². The van der Waals surface area contributed by atoms with E-state index in [2.05, 4.69) is 49.6 Å². The number of hydrogen-bond acceptors (Lipinski definition) is 1. The van der Waals surface area contributed by atoms with Crippen LogP contribution in [0.25, 0.3) is 0 Å². The van der Waals surface area contributed by atoms with Crippen molar-refractivity contribution in [3.05, 3.63) is 29.3 Å². The highest BCUT2D eigenvalue weighted by Crippen LogP contribution is 2.27. The van der Waals surface area contributed by atoms with E-state index >= 15 is 0 Å². The van der Waals surface area contributed by atoms with Crippen molar-refractivity contribution in [2.45, 2.75) is 64.8 Å². The van der Waals surface area contributed by atoms with Crippen LogP contribution in [0, 0.1) is 6.92 Å². The lowest BCUT2D eigenvalue weighted by molar-refractivity contribution is 0.415. The van der Waals surface area contributed by atoms with Crippen LogP contribution in [0.4, 0.5) is 5.69 Å². The summed E-state index contributed by atoms with van der Waals surface area (Å²) in [4.78, 5) is 0. The lowest BCUT2D eigenvalue weighted by atomic mass is 9.96. The third-order valence-corrected chi connectivity index (χ3v) is 4.33. The summed E-state index contributed by atoms with van der Waals surface area (Å²) in [5.74, 6) is 0.495. The monoisotopic (exact) mass is 290 g/mol. The number of thiocarbonyl (C=S) groups is 1. The van der Waals surface area contributed by atoms with Gasteiger partial charge < -0.3 is 10.6 Å². The molecule has 20 heavy (non-hydrogen) atoms. The summed E-state index contributed by atoms with van der Waals surface area (Å²) >= 11 is 5.50. The number of anilines is 1. The molecule has 3 heteroatoms. The molecule has 0 aromatic heterocycles. The highest BCUT2D eigenvalue weighted by Gasteiger charge is 2.15. The van der Waals surface area contributed by atoms with Crippen molar-refractivity contribution in [1.82, 2.24) is 5.32 Å². The molecule has 0 saturated heterocycles. The average molecular weight is 290 g/mol. The van der Waals surface area contributed by atoms with Crippen molar-refractivity contribution >= 4 is 23.0 Å². The predicted molar refractivity (Wildman–Crippen MR) is 91.5 cm³/mol. The molecule has 0 bridgehead atoms. The first kappa shape index (κ1) is 15.3. The van der Waals surface area contributed by atoms with Gasteiger partial charge in [0.25, 0.3) is 0 Å². The van der Waals surface area contributed by atoms with Crippen molar-refractivity contribution in [3.8, 4) is 0 Å². The van der Waals surface area contributed by atoms with Gasteiger partial charge in [-0.2, -0.15) is 0 Å². The summed E-state index contributed by atoms with van der Waals surface area (Å²) in [6.07, 6.45) is 6.50. The van der Waals surface area contributed by atoms with E-state index in [1.807, 2.05) is 0 Å². The molecule has 1 aliphatic rings. The van der Waals surface area contributed by atoms with E-state index in [4.69, 9.17) is 12.2 Å². The van der Waals surface area contributed by atoms with Crippen molar-refractivity contribution in [2.24, 2.45) is 0 Å². The van der Waals surface area contributed by atoms with Crippen molar-refractivity contribution in [1.29, 1.82) is 0 Å². The Labute approximate surface area is 128 Å². The first-order valence-corrected chi connectivity index (χ1v) is 8.15. The zero-order valence-electron chi connectivity index (χ0n) is 12.8. The summed E-state index contributed by atoms with van der Waals surface area (Å²) in [6.45, 7) is 6.58. The van der Waals surface area contributed by atoms with Gasteiger partial charge in [0.05, 0.1) is 0 Å². The topological polar surface area (TPSA) is 24.1 Å². The molecule has 0 aliphatic heterocycles. The van der Waals surface area contributed by atoms with E-state index in [0.717, 1.165) is 5.11 Å². The maximum Gasteiger partial charge on any atom is 0.171 e. The molecule has 0 amide bonds. The quantitative estimate of drug-likeness (QED) is 0.786. The fourth-order valence-corrected chi connectivity index (χ4v) is 3.19. The van der Waals surface area contributed by atoms with Crippen LogP contribution < -0.4 is 10.6 Å². The summed E-state index contributed by atoms with van der Waals surface area (Å²) in [5.41, 5.74) is 3.76. The van der Waals surface area contributed by atoms with Gasteiger partial charge in [0.15, 0.2) is 5.11 Å². The SMILES string of the molecule is Cc1cccc(C(C)C)c1NC(=S)NC1CCCCC1. The summed E-state index contributed by atoms with van der Waals surface area (Å²) in [5, 5.41) is 7.68. The third-order valence-electron chi connectivity index (χ3n) is 4.11. The number of para-hydroxylation sites is 1. The van der Waals surface area contributed by atoms with Crippen LogP contribution in [0.15, 0.2) is 18.2 Å². The second-order valence-electron chi connectivity index (χ2n) is 6.13. The van der Waals surface area contributed by atoms with Crippen LogP contribution in [0.3, 0.4) is 0 Å². The Kier molecular flexibility index (Phi) is 5.41. The van der Waals surface area contributed by atoms with Gasteiger partial charge in [0, 0.05) is 11.7 Å². The Balaban J connectivity index is 2.03. The van der Waals surface area contributed by atoms with E-state index in [9.17, 15) is 0 Å². The van der Waals surface area contributed by atoms with Gasteiger partial charge in [0.2, 0.25) is 0 Å². The van der Waals surface area contributed by atoms with Crippen molar-refractivity contribution in [2.75, 3.05) is 5.32 Å². The van der Waals surface area contributed by atoms with Crippen LogP contribution in [0.2, 0.25) is 0 Å². The lowest BCUT2D eigenvalue weighted by Gasteiger charge is -2.25. The molecule has 1 saturated carbocycles. The van der Waals surface area contributed by atoms with E-state index in [-0.39, 0.29) is 0 Å². The van der Waals surface area contributed by atoms with Gasteiger partial charge in [-0.3, -0.25) is 0 Å². The fourth-order valence-electron chi connectivity index (χ4n) is 2.92. The number of benzene rings is 1. The molecular weight excluding hydrogens is 264 g/mol. The Morgan fingerprint density at radius 3 is 2.55 bits per heavy atom. The number of rotatable bonds is 3. The summed E-state index contributed by atoms with van der Waals surface area (Å²) < 4.78 is 0. The van der Waals surface area contributed by atoms with Gasteiger partial charge in [-0.1, -0.05) is 51.3 Å². The van der Waals surface area contributed by atoms with Crippen LogP contribution >= 0.6 is 12.2 Å². The Morgan fingerprint density at radius 2 is 1.90 bits per heavy atom. The highest BCUT2D eigenvalue weighted by molar-refractivity contribution is 7.80. The minimum atomic E-state index is 0.495. The highest BCUT2D eigenvalue weighted by atomic mass is 32.1. The minimum absolute atomic E-state index is 0.495. The number of hydrogen-bond donors (Lipinski definition) is 2. The largest absolute Gasteiger partial charge is 0.360 e. The van der Waals surface area contributed by atoms with E-state index < -0.39 is 0 Å². The molecule has 1 aromatic carbocycles. The smallest absolute Gasteiger partial charge is 0.171 e. The molecule has 0 heterocycles. The molecule has 2 nitrogen and oxygen atoms in total. The van der Waals surface area contributed by atoms with Gasteiger partial charge in [-0.15, -0.1) is 0 Å². The molecule has 0 radical (unpaired) electrons. The second-order valence-corrected chi connectivity index (χ2v) is 6.54. The second kappa shape index (κ2) is 7.07. The summed E-state index contributed by atoms with van der Waals surface area (Å²) in [7, 11) is 0. The Bertz CT molecular complexity index is 462. The molecule has 1 aromatic rings. The molecule has 110 valence electrons. The lowest BCUT2D eigenvalue weighted by Crippen LogP contribution is -2.39. The molecule has 2 rings (SSSR count). The summed E-state index contributed by atoms with van der Waals surface area (Å²) in [6, 6.07) is 6.99. The standard InChI is InChI=1S/C17H26N2S/c1-12(2)15-11-7-8-13(3)16(15)19-17(20)18-14-9-5-4-6-10-14/h7-8,11-12,14H,4-6,9-10H2,1-3H3,(H2,18,19,20). The van der Waals surface area contributed by atoms with E-state index in [0.29, 0.717) is 12.0 Å². The van der Waals surface area contributed by atoms with E-state index in [1.54, 1.807) is 0 Å². The number of aryl methyl sites for hydroxylation is 1. The first-order chi connectivity index (χ1) is 9.58. The van der Waals surface area contributed by atoms with Crippen molar-refractivity contribution in [3.63, 3.8) is 0 Å². The zero-order valence-corrected chi connectivity index (χ0v) is 13.6. The molecule has 0 atom stereocenters. The van der Waals surface area contributed by atoms with Gasteiger partial charge >= 0.3 is 0 Å². The predicted octanol–water partition coefficient (Wildman–Crippen LogP) is 4.74. The van der Waals surface area contributed by atoms with Crippen LogP contribution in [-0.4, -0.2) is 11.2 Å². The minimum Gasteiger partial charge on any atom is -0.360 e. The molecule has 1 aliphatic carbocycles. The maximum absolute atomic E-state index is 5.50. The fraction of sp³-hybridized carbons (Fsp3) is 0.588. The van der Waals surface area contributed by atoms with Crippen LogP contribution in [0.1, 0.15) is 63.0 Å². The van der Waals surface area contributed by atoms with Gasteiger partial charge in [-0.05, 0) is 49.0 Å². The average Bonchev–Trinajstić information content (AvgIpc) is 2.42. The Morgan fingerprint density at radius 1 is 1.20 bits per heavy atom. The molecule has 0 spiro atoms. The third kappa shape index (κ3) is 3.95. The molecule has 0 unspecified atom stereocenters. The molecule has 1 fully saturated rings. The van der Waals surface area contributed by atoms with Gasteiger partial charge in [0.1, 0.15) is 0 Å². The normalized spacial score (nSPS) is 16.2. The van der Waals surface area contributed by atoms with Crippen LogP contribution in [-0.2, 0) is 0 Å². The number of nitrogens with one attached hydrogen (secondary N) is 2. The molecular formula is C17H26N2S. The van der Waals surface area contributed by atoms with Crippen molar-refractivity contribution < 1.29 is 0 Å². The zero-order chi connectivity index (χ0) is 14.5. The first-order valence-electron chi connectivity index (χ1n) is 7.75.